The van der Waals surface area contributed by atoms with Gasteiger partial charge in [0.05, 0.1) is 25.1 Å². The number of hydrogen-bond donors (Lipinski definition) is 2. The first-order valence-corrected chi connectivity index (χ1v) is 8.21. The van der Waals surface area contributed by atoms with Crippen LogP contribution in [0.5, 0.6) is 0 Å². The maximum Gasteiger partial charge on any atom is 0.375 e. The van der Waals surface area contributed by atoms with Gasteiger partial charge in [0.2, 0.25) is 5.78 Å². The van der Waals surface area contributed by atoms with E-state index in [0.717, 1.165) is 0 Å². The zero-order valence-electron chi connectivity index (χ0n) is 15.3. The number of nitrogens with zero attached hydrogens (tertiary/aromatic N) is 2. The Kier molecular flexibility index (Phi) is 9.07. The predicted molar refractivity (Wildman–Crippen MR) is 95.2 cm³/mol. The van der Waals surface area contributed by atoms with E-state index in [1.165, 1.54) is 19.3 Å². The van der Waals surface area contributed by atoms with E-state index < -0.39 is 17.7 Å². The summed E-state index contributed by atoms with van der Waals surface area (Å²) in [6.45, 7) is 5.06. The van der Waals surface area contributed by atoms with Gasteiger partial charge in [-0.2, -0.15) is 0 Å². The second-order valence-electron chi connectivity index (χ2n) is 5.15. The molecule has 27 heavy (non-hydrogen) atoms. The number of furan rings is 2. The number of rotatable bonds is 7. The Labute approximate surface area is 155 Å². The molecule has 9 heteroatoms. The molecule has 0 fully saturated rings. The van der Waals surface area contributed by atoms with Crippen LogP contribution in [0.4, 0.5) is 0 Å². The molecule has 1 atom stereocenters. The van der Waals surface area contributed by atoms with Crippen molar-refractivity contribution in [3.63, 3.8) is 0 Å². The smallest absolute Gasteiger partial charge is 0.375 e. The normalized spacial score (nSPS) is 12.7. The van der Waals surface area contributed by atoms with E-state index in [0.29, 0.717) is 17.9 Å². The van der Waals surface area contributed by atoms with Crippen molar-refractivity contribution in [3.8, 4) is 0 Å². The van der Waals surface area contributed by atoms with Gasteiger partial charge < -0.3 is 24.0 Å². The Morgan fingerprint density at radius 2 is 1.67 bits per heavy atom. The Morgan fingerprint density at radius 1 is 1.07 bits per heavy atom. The molecule has 0 saturated carbocycles. The van der Waals surface area contributed by atoms with Crippen LogP contribution in [-0.4, -0.2) is 40.2 Å². The Bertz CT molecular complexity index is 762. The van der Waals surface area contributed by atoms with E-state index in [-0.39, 0.29) is 18.1 Å². The number of ether oxygens (including phenoxy) is 1. The molecule has 2 N–H and O–H groups in total. The quantitative estimate of drug-likeness (QED) is 0.248. The highest BCUT2D eigenvalue weighted by molar-refractivity contribution is 6.39. The maximum absolute atomic E-state index is 11.6. The van der Waals surface area contributed by atoms with Crippen LogP contribution in [0.15, 0.2) is 55.9 Å². The minimum Gasteiger partial charge on any atom is -0.463 e. The number of Topliss-reactive ketones (excluding diaryl/α,β-unsaturated/α-hetero) is 1. The fourth-order valence-corrected chi connectivity index (χ4v) is 2.01. The first kappa shape index (κ1) is 21.7. The molecular weight excluding hydrogens is 356 g/mol. The third kappa shape index (κ3) is 6.14. The number of carbonyl (C=O) groups excluding carboxylic acids is 2. The molecule has 2 rings (SSSR count). The largest absolute Gasteiger partial charge is 0.463 e. The average molecular weight is 378 g/mol. The van der Waals surface area contributed by atoms with Gasteiger partial charge in [0.15, 0.2) is 11.5 Å². The molecule has 2 heterocycles. The summed E-state index contributed by atoms with van der Waals surface area (Å²) in [7, 11) is 0. The van der Waals surface area contributed by atoms with E-state index in [9.17, 15) is 9.59 Å². The molecule has 0 aliphatic heterocycles. The summed E-state index contributed by atoms with van der Waals surface area (Å²) in [4.78, 5) is 22.9. The molecule has 2 aromatic heterocycles. The van der Waals surface area contributed by atoms with Crippen LogP contribution in [0, 0.1) is 5.92 Å². The Balaban J connectivity index is 0.000000309. The summed E-state index contributed by atoms with van der Waals surface area (Å²) in [6, 6.07) is 6.64. The van der Waals surface area contributed by atoms with E-state index in [1.807, 2.05) is 6.92 Å². The average Bonchev–Trinajstić information content (AvgIpc) is 3.38. The summed E-state index contributed by atoms with van der Waals surface area (Å²) >= 11 is 0. The highest BCUT2D eigenvalue weighted by Gasteiger charge is 2.29. The van der Waals surface area contributed by atoms with Crippen LogP contribution in [0.1, 0.15) is 38.7 Å². The number of esters is 1. The minimum absolute atomic E-state index is 0.00643. The van der Waals surface area contributed by atoms with Crippen molar-refractivity contribution >= 4 is 23.2 Å². The number of carbonyl (C=O) groups is 2. The molecule has 0 radical (unpaired) electrons. The third-order valence-corrected chi connectivity index (χ3v) is 3.42. The fourth-order valence-electron chi connectivity index (χ4n) is 2.01. The Morgan fingerprint density at radius 3 is 2.07 bits per heavy atom. The molecule has 9 nitrogen and oxygen atoms in total. The lowest BCUT2D eigenvalue weighted by Crippen LogP contribution is -2.30. The van der Waals surface area contributed by atoms with E-state index in [4.69, 9.17) is 19.2 Å². The van der Waals surface area contributed by atoms with Crippen LogP contribution in [0.25, 0.3) is 0 Å². The van der Waals surface area contributed by atoms with Crippen LogP contribution in [0.3, 0.4) is 0 Å². The van der Waals surface area contributed by atoms with Crippen LogP contribution in [-0.2, 0) is 14.3 Å². The molecule has 0 aliphatic carbocycles. The van der Waals surface area contributed by atoms with Crippen molar-refractivity contribution in [3.05, 3.63) is 48.3 Å². The highest BCUT2D eigenvalue weighted by Crippen LogP contribution is 2.12. The fraction of sp³-hybridized carbons (Fsp3) is 0.333. The SMILES string of the molecule is CCC(=NO)c1ccco1.CCOC(=O)C(=O)C(C)C(=NO)c1ccco1. The summed E-state index contributed by atoms with van der Waals surface area (Å²) in [6.07, 6.45) is 3.60. The van der Waals surface area contributed by atoms with E-state index in [2.05, 4.69) is 15.0 Å². The molecular formula is C18H22N2O7. The molecule has 0 bridgehead atoms. The summed E-state index contributed by atoms with van der Waals surface area (Å²) in [5, 5.41) is 23.3. The van der Waals surface area contributed by atoms with Gasteiger partial charge in [0.1, 0.15) is 11.4 Å². The molecule has 1 unspecified atom stereocenters. The molecule has 146 valence electrons. The van der Waals surface area contributed by atoms with E-state index in [1.54, 1.807) is 31.4 Å². The molecule has 0 aliphatic rings. The topological polar surface area (TPSA) is 135 Å². The third-order valence-electron chi connectivity index (χ3n) is 3.42. The van der Waals surface area contributed by atoms with Crippen molar-refractivity contribution in [2.75, 3.05) is 6.61 Å². The van der Waals surface area contributed by atoms with Gasteiger partial charge >= 0.3 is 5.97 Å². The second-order valence-corrected chi connectivity index (χ2v) is 5.15. The van der Waals surface area contributed by atoms with Gasteiger partial charge in [0, 0.05) is 0 Å². The lowest BCUT2D eigenvalue weighted by Gasteiger charge is -2.09. The monoisotopic (exact) mass is 378 g/mol. The molecule has 2 aromatic rings. The zero-order chi connectivity index (χ0) is 20.2. The lowest BCUT2D eigenvalue weighted by molar-refractivity contribution is -0.154. The zero-order valence-corrected chi connectivity index (χ0v) is 15.3. The molecule has 0 amide bonds. The van der Waals surface area contributed by atoms with Crippen LogP contribution >= 0.6 is 0 Å². The first-order chi connectivity index (χ1) is 13.0. The van der Waals surface area contributed by atoms with Crippen molar-refractivity contribution < 1.29 is 33.6 Å². The van der Waals surface area contributed by atoms with Gasteiger partial charge in [-0.15, -0.1) is 0 Å². The van der Waals surface area contributed by atoms with Gasteiger partial charge in [0.25, 0.3) is 0 Å². The predicted octanol–water partition coefficient (Wildman–Crippen LogP) is 3.09. The van der Waals surface area contributed by atoms with Crippen molar-refractivity contribution in [1.29, 1.82) is 0 Å². The van der Waals surface area contributed by atoms with Gasteiger partial charge in [-0.25, -0.2) is 4.79 Å². The highest BCUT2D eigenvalue weighted by atomic mass is 16.5. The van der Waals surface area contributed by atoms with Crippen molar-refractivity contribution in [2.24, 2.45) is 16.2 Å². The molecule has 0 spiro atoms. The first-order valence-electron chi connectivity index (χ1n) is 8.21. The van der Waals surface area contributed by atoms with Gasteiger partial charge in [-0.05, 0) is 44.5 Å². The summed E-state index contributed by atoms with van der Waals surface area (Å²) in [5.41, 5.74) is 0.568. The van der Waals surface area contributed by atoms with Crippen molar-refractivity contribution in [2.45, 2.75) is 27.2 Å². The molecule has 0 saturated heterocycles. The van der Waals surface area contributed by atoms with Crippen LogP contribution in [0.2, 0.25) is 0 Å². The lowest BCUT2D eigenvalue weighted by atomic mass is 9.99. The van der Waals surface area contributed by atoms with Gasteiger partial charge in [-0.1, -0.05) is 17.2 Å². The van der Waals surface area contributed by atoms with E-state index >= 15 is 0 Å². The standard InChI is InChI=1S/C11H13NO5.C7H9NO2/c1-3-16-11(14)10(13)7(2)9(12-15)8-5-4-6-17-8;1-2-6(8-9)7-4-3-5-10-7/h4-7,15H,3H2,1-2H3;3-5,9H,2H2,1H3. The minimum atomic E-state index is -0.951. The Hall–Kier alpha value is -3.36. The number of hydrogen-bond acceptors (Lipinski definition) is 9. The van der Waals surface area contributed by atoms with Crippen LogP contribution < -0.4 is 0 Å². The molecule has 0 aromatic carbocycles. The summed E-state index contributed by atoms with van der Waals surface area (Å²) < 4.78 is 14.6. The number of oxime groups is 2. The maximum atomic E-state index is 11.6. The summed E-state index contributed by atoms with van der Waals surface area (Å²) in [5.74, 6) is -1.79. The number of ketones is 1. The second kappa shape index (κ2) is 11.3. The van der Waals surface area contributed by atoms with Crippen molar-refractivity contribution in [1.82, 2.24) is 0 Å². The van der Waals surface area contributed by atoms with Gasteiger partial charge in [-0.3, -0.25) is 4.79 Å².